The fourth-order valence-electron chi connectivity index (χ4n) is 7.07. The topological polar surface area (TPSA) is 314 Å². The molecule has 20 heteroatoms. The van der Waals surface area contributed by atoms with E-state index in [9.17, 15) is 10.2 Å². The Kier molecular flexibility index (Phi) is 14.6. The monoisotopic (exact) mass is 756 g/mol. The highest BCUT2D eigenvalue weighted by molar-refractivity contribution is 5.82. The second-order valence-electron chi connectivity index (χ2n) is 14.0. The highest BCUT2D eigenvalue weighted by Crippen LogP contribution is 2.30. The summed E-state index contributed by atoms with van der Waals surface area (Å²) >= 11 is 0. The molecule has 54 heavy (non-hydrogen) atoms. The van der Waals surface area contributed by atoms with E-state index in [-0.39, 0.29) is 6.54 Å². The van der Waals surface area contributed by atoms with Crippen LogP contribution in [0.4, 0.5) is 11.6 Å². The van der Waals surface area contributed by atoms with Gasteiger partial charge in [-0.1, -0.05) is 25.7 Å². The van der Waals surface area contributed by atoms with E-state index in [1.807, 2.05) is 0 Å². The third-order valence-corrected chi connectivity index (χ3v) is 10.1. The first kappa shape index (κ1) is 40.0. The molecule has 1 aliphatic heterocycles. The lowest BCUT2D eigenvalue weighted by Gasteiger charge is -2.47. The molecule has 2 fully saturated rings. The summed E-state index contributed by atoms with van der Waals surface area (Å²) in [5.41, 5.74) is 28.1. The Morgan fingerprint density at radius 2 is 1.24 bits per heavy atom. The molecule has 0 bridgehead atoms. The molecule has 2 aliphatic rings. The van der Waals surface area contributed by atoms with Gasteiger partial charge in [-0.3, -0.25) is 0 Å². The molecule has 1 saturated heterocycles. The lowest BCUT2D eigenvalue weighted by Crippen LogP contribution is -2.68. The van der Waals surface area contributed by atoms with Gasteiger partial charge in [-0.25, -0.2) is 29.9 Å². The number of aromatic amines is 2. The van der Waals surface area contributed by atoms with Crippen molar-refractivity contribution in [3.05, 3.63) is 25.3 Å². The number of unbranched alkanes of at least 4 members (excludes halogenated alkanes) is 6. The van der Waals surface area contributed by atoms with Crippen molar-refractivity contribution < 1.29 is 29.2 Å². The number of nitrogens with two attached hydrogens (primary N) is 4. The van der Waals surface area contributed by atoms with E-state index in [2.05, 4.69) is 50.5 Å². The zero-order valence-electron chi connectivity index (χ0n) is 30.5. The van der Waals surface area contributed by atoms with Crippen LogP contribution in [-0.4, -0.2) is 144 Å². The van der Waals surface area contributed by atoms with Gasteiger partial charge in [-0.15, -0.1) is 0 Å². The number of nitrogens with one attached hydrogen (secondary N) is 4. The molecule has 6 rings (SSSR count). The summed E-state index contributed by atoms with van der Waals surface area (Å²) in [6.45, 7) is 2.38. The second-order valence-corrected chi connectivity index (χ2v) is 14.0. The maximum absolute atomic E-state index is 11.2. The Balaban J connectivity index is 0.896. The molecule has 0 aromatic carbocycles. The van der Waals surface area contributed by atoms with E-state index in [1.165, 1.54) is 12.7 Å². The third kappa shape index (κ3) is 9.93. The molecule has 20 nitrogen and oxygen atoms in total. The van der Waals surface area contributed by atoms with Crippen molar-refractivity contribution in [3.63, 3.8) is 0 Å². The van der Waals surface area contributed by atoms with E-state index in [4.69, 9.17) is 41.9 Å². The summed E-state index contributed by atoms with van der Waals surface area (Å²) in [5, 5.41) is 28.9. The van der Waals surface area contributed by atoms with Gasteiger partial charge in [-0.2, -0.15) is 0 Å². The average Bonchev–Trinajstić information content (AvgIpc) is 3.87. The van der Waals surface area contributed by atoms with Gasteiger partial charge in [0.05, 0.1) is 24.8 Å². The van der Waals surface area contributed by atoms with Crippen LogP contribution in [-0.2, 0) is 18.9 Å². The Morgan fingerprint density at radius 1 is 0.685 bits per heavy atom. The van der Waals surface area contributed by atoms with Crippen molar-refractivity contribution in [2.75, 3.05) is 43.5 Å². The van der Waals surface area contributed by atoms with Gasteiger partial charge in [0.25, 0.3) is 0 Å². The van der Waals surface area contributed by atoms with Crippen LogP contribution in [0.3, 0.4) is 0 Å². The van der Waals surface area contributed by atoms with E-state index in [1.54, 1.807) is 12.7 Å². The van der Waals surface area contributed by atoms with Gasteiger partial charge in [0.2, 0.25) is 0 Å². The summed E-state index contributed by atoms with van der Waals surface area (Å²) in [4.78, 5) is 31.2. The zero-order valence-corrected chi connectivity index (χ0v) is 30.5. The summed E-state index contributed by atoms with van der Waals surface area (Å²) < 4.78 is 24.8. The van der Waals surface area contributed by atoms with E-state index >= 15 is 0 Å². The van der Waals surface area contributed by atoms with Crippen molar-refractivity contribution in [1.82, 2.24) is 39.9 Å². The molecule has 5 unspecified atom stereocenters. The Morgan fingerprint density at radius 3 is 1.81 bits per heavy atom. The van der Waals surface area contributed by atoms with Gasteiger partial charge >= 0.3 is 0 Å². The minimum Gasteiger partial charge on any atom is -0.389 e. The summed E-state index contributed by atoms with van der Waals surface area (Å²) in [6.07, 6.45) is 7.57. The number of aromatic nitrogens is 8. The molecular weight excluding hydrogens is 700 g/mol. The number of anilines is 2. The van der Waals surface area contributed by atoms with E-state index in [0.717, 1.165) is 87.1 Å². The Bertz CT molecular complexity index is 1700. The number of H-pyrrole nitrogens is 2. The first-order valence-electron chi connectivity index (χ1n) is 19.0. The standard InChI is InChI=1S/C34H56N14O6/c35-14-21-28(51-11-7-3-1-5-9-39-30-23-32(43-15-41-23)47-17-45-30)26(50)22(38)34(53-21)54-27-20(37)13-19(36)25(49)29(27)52-12-8-4-2-6-10-40-31-24-33(44-16-42-24)48-18-46-31/h15-22,25-29,34,49-50H,1-14,35-38H2,(H2,39,41,43,45,47)(H2,40,42,44,46,48)/t19?,20?,21-,22-,25?,26-,27?,28-,29?,34-/m1/s1. The summed E-state index contributed by atoms with van der Waals surface area (Å²) in [5.74, 6) is 1.46. The Hall–Kier alpha value is -3.70. The number of imidazole rings is 2. The van der Waals surface area contributed by atoms with Crippen LogP contribution in [0, 0.1) is 0 Å². The molecule has 14 N–H and O–H groups in total. The van der Waals surface area contributed by atoms with Gasteiger partial charge in [0.15, 0.2) is 29.2 Å². The predicted molar refractivity (Wildman–Crippen MR) is 200 cm³/mol. The minimum atomic E-state index is -1.10. The van der Waals surface area contributed by atoms with Crippen LogP contribution in [0.5, 0.6) is 0 Å². The third-order valence-electron chi connectivity index (χ3n) is 10.1. The molecule has 0 radical (unpaired) electrons. The largest absolute Gasteiger partial charge is 0.389 e. The number of nitrogens with zero attached hydrogens (tertiary/aromatic N) is 6. The van der Waals surface area contributed by atoms with Crippen LogP contribution in [0.2, 0.25) is 0 Å². The zero-order chi connectivity index (χ0) is 37.9. The molecule has 5 heterocycles. The normalized spacial score (nSPS) is 28.9. The number of aliphatic hydroxyl groups is 2. The van der Waals surface area contributed by atoms with Crippen molar-refractivity contribution in [3.8, 4) is 0 Å². The smallest absolute Gasteiger partial charge is 0.182 e. The van der Waals surface area contributed by atoms with Crippen molar-refractivity contribution in [2.45, 2.75) is 119 Å². The molecule has 1 aliphatic carbocycles. The number of aliphatic hydroxyl groups excluding tert-OH is 2. The quantitative estimate of drug-likeness (QED) is 0.0484. The van der Waals surface area contributed by atoms with Gasteiger partial charge in [-0.05, 0) is 32.1 Å². The van der Waals surface area contributed by atoms with E-state index in [0.29, 0.717) is 30.9 Å². The lowest BCUT2D eigenvalue weighted by molar-refractivity contribution is -0.296. The number of ether oxygens (including phenoxy) is 4. The maximum Gasteiger partial charge on any atom is 0.182 e. The highest BCUT2D eigenvalue weighted by atomic mass is 16.7. The molecule has 0 spiro atoms. The fourth-order valence-corrected chi connectivity index (χ4v) is 7.07. The molecule has 298 valence electrons. The number of rotatable bonds is 21. The Labute approximate surface area is 313 Å². The van der Waals surface area contributed by atoms with Crippen LogP contribution >= 0.6 is 0 Å². The van der Waals surface area contributed by atoms with Gasteiger partial charge in [0, 0.05) is 44.9 Å². The highest BCUT2D eigenvalue weighted by Gasteiger charge is 2.49. The summed E-state index contributed by atoms with van der Waals surface area (Å²) in [6, 6.07) is -2.08. The molecule has 4 aromatic heterocycles. The molecule has 4 aromatic rings. The predicted octanol–water partition coefficient (Wildman–Crippen LogP) is -0.389. The van der Waals surface area contributed by atoms with Crippen molar-refractivity contribution in [2.24, 2.45) is 22.9 Å². The van der Waals surface area contributed by atoms with Crippen LogP contribution < -0.4 is 33.6 Å². The SMILES string of the molecule is NC[C@H]1O[C@H](OC2C(N)CC(N)C(O)C2OCCCCCCNc2ncnc3nc[nH]c23)[C@H](N)[C@@H](O)[C@@H]1OCCCCCCNc1ncnc2nc[nH]c12. The maximum atomic E-state index is 11.2. The van der Waals surface area contributed by atoms with Crippen molar-refractivity contribution in [1.29, 1.82) is 0 Å². The number of hydrogen-bond acceptors (Lipinski definition) is 18. The molecule has 0 amide bonds. The molecule has 1 saturated carbocycles. The number of hydrogen-bond donors (Lipinski definition) is 10. The first-order valence-corrected chi connectivity index (χ1v) is 19.0. The lowest BCUT2D eigenvalue weighted by atomic mass is 9.84. The second kappa shape index (κ2) is 19.8. The van der Waals surface area contributed by atoms with Crippen LogP contribution in [0.25, 0.3) is 22.3 Å². The fraction of sp³-hybridized carbons (Fsp3) is 0.706. The average molecular weight is 757 g/mol. The summed E-state index contributed by atoms with van der Waals surface area (Å²) in [7, 11) is 0. The van der Waals surface area contributed by atoms with Crippen LogP contribution in [0.1, 0.15) is 57.8 Å². The van der Waals surface area contributed by atoms with Gasteiger partial charge in [0.1, 0.15) is 54.2 Å². The van der Waals surface area contributed by atoms with E-state index < -0.39 is 61.0 Å². The number of fused-ring (bicyclic) bond motifs is 2. The van der Waals surface area contributed by atoms with Gasteiger partial charge < -0.3 is 72.7 Å². The van der Waals surface area contributed by atoms with Crippen LogP contribution in [0.15, 0.2) is 25.3 Å². The molecular formula is C34H56N14O6. The first-order chi connectivity index (χ1) is 26.4. The van der Waals surface area contributed by atoms with Crippen molar-refractivity contribution >= 4 is 34.0 Å². The molecule has 10 atom stereocenters. The minimum absolute atomic E-state index is 0.0822.